The minimum Gasteiger partial charge on any atom is -0.457 e. The molecule has 0 saturated carbocycles. The van der Waals surface area contributed by atoms with Crippen LogP contribution < -0.4 is 0 Å². The Morgan fingerprint density at radius 2 is 0.821 bits per heavy atom. The van der Waals surface area contributed by atoms with E-state index in [0.29, 0.717) is 13.0 Å². The molecule has 398 valence electrons. The van der Waals surface area contributed by atoms with Crippen molar-refractivity contribution in [1.29, 1.82) is 0 Å². The number of carbonyl (C=O) groups excluding carboxylic acids is 1. The number of unbranched alkanes of at least 4 members (excludes halogenated alkanes) is 39. The van der Waals surface area contributed by atoms with Gasteiger partial charge in [0.2, 0.25) is 0 Å². The SMILES string of the molecule is CCCCCCCCC/C=C\CCCCCCCCCC(=O)OC(COCCCCCCCCCCCCCCCCCCCCCCCCCCCC)COC1OC(CO)C(O)C(O)C1O. The number of hydrogen-bond acceptors (Lipinski definition) is 9. The molecule has 1 rings (SSSR count). The molecule has 0 bridgehead atoms. The normalized spacial score (nSPS) is 19.2. The Kier molecular flexibility index (Phi) is 47.6. The van der Waals surface area contributed by atoms with E-state index in [-0.39, 0.29) is 19.2 Å². The standard InChI is InChI=1S/C58H112O9/c1-3-5-7-9-11-13-15-17-19-21-23-24-25-26-27-28-29-30-32-34-36-38-40-42-44-46-48-64-50-52(51-65-58-57(63)56(62)55(61)53(49-59)67-58)66-54(60)47-45-43-41-39-37-35-33-31-22-20-18-16-14-12-10-8-6-4-2/h20,22,52-53,55-59,61-63H,3-19,21,23-51H2,1-2H3/b22-20-. The van der Waals surface area contributed by atoms with Crippen LogP contribution in [0.1, 0.15) is 290 Å². The summed E-state index contributed by atoms with van der Waals surface area (Å²) in [7, 11) is 0. The monoisotopic (exact) mass is 953 g/mol. The molecule has 0 aromatic carbocycles. The van der Waals surface area contributed by atoms with E-state index >= 15 is 0 Å². The number of carbonyl (C=O) groups is 1. The average Bonchev–Trinajstić information content (AvgIpc) is 3.33. The molecule has 1 saturated heterocycles. The van der Waals surface area contributed by atoms with Crippen molar-refractivity contribution in [1.82, 2.24) is 0 Å². The third-order valence-electron chi connectivity index (χ3n) is 13.9. The van der Waals surface area contributed by atoms with E-state index in [1.165, 1.54) is 238 Å². The van der Waals surface area contributed by atoms with Gasteiger partial charge in [-0.25, -0.2) is 0 Å². The highest BCUT2D eigenvalue weighted by atomic mass is 16.7. The fourth-order valence-corrected chi connectivity index (χ4v) is 9.37. The van der Waals surface area contributed by atoms with Crippen molar-refractivity contribution in [3.05, 3.63) is 12.2 Å². The molecule has 0 spiro atoms. The van der Waals surface area contributed by atoms with E-state index in [9.17, 15) is 25.2 Å². The number of hydrogen-bond donors (Lipinski definition) is 4. The van der Waals surface area contributed by atoms with Gasteiger partial charge >= 0.3 is 5.97 Å². The molecular weight excluding hydrogens is 841 g/mol. The summed E-state index contributed by atoms with van der Waals surface area (Å²) < 4.78 is 23.0. The summed E-state index contributed by atoms with van der Waals surface area (Å²) in [5, 5.41) is 40.3. The van der Waals surface area contributed by atoms with Crippen molar-refractivity contribution in [3.63, 3.8) is 0 Å². The van der Waals surface area contributed by atoms with Crippen LogP contribution in [0.25, 0.3) is 0 Å². The van der Waals surface area contributed by atoms with Gasteiger partial charge in [0.1, 0.15) is 30.5 Å². The fraction of sp³-hybridized carbons (Fsp3) is 0.948. The predicted molar refractivity (Wildman–Crippen MR) is 279 cm³/mol. The highest BCUT2D eigenvalue weighted by molar-refractivity contribution is 5.69. The van der Waals surface area contributed by atoms with Crippen LogP contribution in [-0.4, -0.2) is 89.6 Å². The second-order valence-electron chi connectivity index (χ2n) is 20.5. The van der Waals surface area contributed by atoms with Crippen LogP contribution in [-0.2, 0) is 23.7 Å². The molecule has 0 aromatic heterocycles. The minimum atomic E-state index is -1.53. The summed E-state index contributed by atoms with van der Waals surface area (Å²) in [5.41, 5.74) is 0. The molecular formula is C58H112O9. The Bertz CT molecular complexity index is 1040. The van der Waals surface area contributed by atoms with Crippen molar-refractivity contribution >= 4 is 5.97 Å². The third kappa shape index (κ3) is 40.2. The summed E-state index contributed by atoms with van der Waals surface area (Å²) in [4.78, 5) is 12.9. The number of allylic oxidation sites excluding steroid dienone is 2. The molecule has 1 aliphatic heterocycles. The van der Waals surface area contributed by atoms with Gasteiger partial charge in [0.05, 0.1) is 19.8 Å². The van der Waals surface area contributed by atoms with Crippen molar-refractivity contribution in [2.75, 3.05) is 26.4 Å². The fourth-order valence-electron chi connectivity index (χ4n) is 9.37. The Labute approximate surface area is 414 Å². The van der Waals surface area contributed by atoms with Crippen molar-refractivity contribution in [3.8, 4) is 0 Å². The molecule has 6 unspecified atom stereocenters. The van der Waals surface area contributed by atoms with Crippen molar-refractivity contribution in [2.24, 2.45) is 0 Å². The van der Waals surface area contributed by atoms with Crippen molar-refractivity contribution < 1.29 is 44.2 Å². The lowest BCUT2D eigenvalue weighted by molar-refractivity contribution is -0.305. The quantitative estimate of drug-likeness (QED) is 0.0267. The van der Waals surface area contributed by atoms with Gasteiger partial charge < -0.3 is 39.4 Å². The maximum Gasteiger partial charge on any atom is 0.306 e. The zero-order chi connectivity index (χ0) is 48.5. The summed E-state index contributed by atoms with van der Waals surface area (Å²) >= 11 is 0. The van der Waals surface area contributed by atoms with Gasteiger partial charge in [0.25, 0.3) is 0 Å². The van der Waals surface area contributed by atoms with E-state index in [2.05, 4.69) is 26.0 Å². The molecule has 0 aromatic rings. The third-order valence-corrected chi connectivity index (χ3v) is 13.9. The summed E-state index contributed by atoms with van der Waals surface area (Å²) in [5.74, 6) is -0.311. The van der Waals surface area contributed by atoms with Gasteiger partial charge in [0.15, 0.2) is 6.29 Å². The molecule has 9 heteroatoms. The molecule has 1 fully saturated rings. The first-order valence-corrected chi connectivity index (χ1v) is 29.3. The van der Waals surface area contributed by atoms with Crippen LogP contribution in [0.2, 0.25) is 0 Å². The second kappa shape index (κ2) is 49.9. The van der Waals surface area contributed by atoms with E-state index in [1.54, 1.807) is 0 Å². The summed E-state index contributed by atoms with van der Waals surface area (Å²) in [6, 6.07) is 0. The topological polar surface area (TPSA) is 135 Å². The average molecular weight is 954 g/mol. The Hall–Kier alpha value is -1.07. The zero-order valence-corrected chi connectivity index (χ0v) is 44.2. The lowest BCUT2D eigenvalue weighted by atomic mass is 9.99. The van der Waals surface area contributed by atoms with Gasteiger partial charge in [-0.05, 0) is 38.5 Å². The van der Waals surface area contributed by atoms with Crippen molar-refractivity contribution in [2.45, 2.75) is 327 Å². The lowest BCUT2D eigenvalue weighted by Gasteiger charge is -2.39. The van der Waals surface area contributed by atoms with E-state index in [4.69, 9.17) is 18.9 Å². The van der Waals surface area contributed by atoms with Crippen LogP contribution in [0.5, 0.6) is 0 Å². The van der Waals surface area contributed by atoms with Gasteiger partial charge in [-0.2, -0.15) is 0 Å². The van der Waals surface area contributed by atoms with Crippen LogP contribution in [0.3, 0.4) is 0 Å². The largest absolute Gasteiger partial charge is 0.457 e. The summed E-state index contributed by atoms with van der Waals surface area (Å²) in [6.45, 7) is 4.62. The Morgan fingerprint density at radius 3 is 1.21 bits per heavy atom. The first kappa shape index (κ1) is 63.9. The molecule has 6 atom stereocenters. The number of rotatable bonds is 52. The van der Waals surface area contributed by atoms with E-state index in [1.807, 2.05) is 0 Å². The minimum absolute atomic E-state index is 0.109. The number of ether oxygens (including phenoxy) is 4. The zero-order valence-electron chi connectivity index (χ0n) is 44.2. The first-order chi connectivity index (χ1) is 32.9. The van der Waals surface area contributed by atoms with Gasteiger partial charge in [-0.15, -0.1) is 0 Å². The maximum atomic E-state index is 12.9. The number of esters is 1. The van der Waals surface area contributed by atoms with E-state index < -0.39 is 43.4 Å². The molecule has 0 amide bonds. The maximum absolute atomic E-state index is 12.9. The smallest absolute Gasteiger partial charge is 0.306 e. The number of aliphatic hydroxyl groups is 4. The molecule has 0 radical (unpaired) electrons. The van der Waals surface area contributed by atoms with Crippen LogP contribution in [0, 0.1) is 0 Å². The Balaban J connectivity index is 2.11. The lowest BCUT2D eigenvalue weighted by Crippen LogP contribution is -2.59. The molecule has 9 nitrogen and oxygen atoms in total. The first-order valence-electron chi connectivity index (χ1n) is 29.3. The molecule has 67 heavy (non-hydrogen) atoms. The van der Waals surface area contributed by atoms with Crippen LogP contribution in [0.15, 0.2) is 12.2 Å². The summed E-state index contributed by atoms with van der Waals surface area (Å²) in [6.07, 6.45) is 52.7. The van der Waals surface area contributed by atoms with Gasteiger partial charge in [-0.1, -0.05) is 257 Å². The Morgan fingerprint density at radius 1 is 0.463 bits per heavy atom. The molecule has 0 aliphatic carbocycles. The highest BCUT2D eigenvalue weighted by Crippen LogP contribution is 2.23. The highest BCUT2D eigenvalue weighted by Gasteiger charge is 2.44. The molecule has 4 N–H and O–H groups in total. The number of aliphatic hydroxyl groups excluding tert-OH is 4. The van der Waals surface area contributed by atoms with Gasteiger partial charge in [-0.3, -0.25) is 4.79 Å². The predicted octanol–water partition coefficient (Wildman–Crippen LogP) is 15.1. The van der Waals surface area contributed by atoms with Gasteiger partial charge in [0, 0.05) is 13.0 Å². The second-order valence-corrected chi connectivity index (χ2v) is 20.5. The van der Waals surface area contributed by atoms with E-state index in [0.717, 1.165) is 32.1 Å². The molecule has 1 aliphatic rings. The van der Waals surface area contributed by atoms with Crippen LogP contribution >= 0.6 is 0 Å². The molecule has 1 heterocycles. The van der Waals surface area contributed by atoms with Crippen LogP contribution in [0.4, 0.5) is 0 Å².